The van der Waals surface area contributed by atoms with Crippen LogP contribution in [0.4, 0.5) is 5.82 Å². The van der Waals surface area contributed by atoms with Crippen molar-refractivity contribution in [1.29, 1.82) is 0 Å². The van der Waals surface area contributed by atoms with Gasteiger partial charge in [-0.3, -0.25) is 9.69 Å². The summed E-state index contributed by atoms with van der Waals surface area (Å²) < 4.78 is 0. The Balaban J connectivity index is 0.00000156. The number of halogens is 2. The molecule has 2 atom stereocenters. The molecule has 1 aromatic heterocycles. The van der Waals surface area contributed by atoms with Gasteiger partial charge >= 0.3 is 0 Å². The number of nitrogens with zero attached hydrogens (tertiary/aromatic N) is 3. The lowest BCUT2D eigenvalue weighted by molar-refractivity contribution is -0.123. The van der Waals surface area contributed by atoms with Crippen LogP contribution in [-0.2, 0) is 4.79 Å². The zero-order chi connectivity index (χ0) is 16.1. The molecule has 0 spiro atoms. The monoisotopic (exact) mass is 389 g/mol. The van der Waals surface area contributed by atoms with E-state index in [1.807, 2.05) is 24.4 Å². The number of rotatable bonds is 4. The lowest BCUT2D eigenvalue weighted by Crippen LogP contribution is -2.53. The predicted molar refractivity (Wildman–Crippen MR) is 106 cm³/mol. The van der Waals surface area contributed by atoms with Gasteiger partial charge in [-0.15, -0.1) is 24.8 Å². The van der Waals surface area contributed by atoms with Gasteiger partial charge in [0.1, 0.15) is 5.82 Å². The molecular weight excluding hydrogens is 361 g/mol. The second-order valence-corrected chi connectivity index (χ2v) is 6.60. The number of hydrogen-bond acceptors (Lipinski definition) is 5. The molecular formula is C17H29Cl2N5O. The number of anilines is 1. The fraction of sp³-hybridized carbons (Fsp3) is 0.647. The first kappa shape index (κ1) is 22.0. The maximum absolute atomic E-state index is 12.3. The molecule has 8 heteroatoms. The molecule has 3 heterocycles. The summed E-state index contributed by atoms with van der Waals surface area (Å²) >= 11 is 0. The van der Waals surface area contributed by atoms with Gasteiger partial charge < -0.3 is 15.5 Å². The van der Waals surface area contributed by atoms with Crippen LogP contribution in [0.25, 0.3) is 0 Å². The Morgan fingerprint density at radius 1 is 1.28 bits per heavy atom. The highest BCUT2D eigenvalue weighted by molar-refractivity contribution is 5.85. The highest BCUT2D eigenvalue weighted by Gasteiger charge is 2.24. The van der Waals surface area contributed by atoms with E-state index in [4.69, 9.17) is 0 Å². The Morgan fingerprint density at radius 3 is 2.68 bits per heavy atom. The smallest absolute Gasteiger partial charge is 0.234 e. The topological polar surface area (TPSA) is 60.5 Å². The minimum absolute atomic E-state index is 0. The highest BCUT2D eigenvalue weighted by Crippen LogP contribution is 2.13. The molecule has 2 saturated heterocycles. The number of pyridine rings is 1. The average molecular weight is 390 g/mol. The lowest BCUT2D eigenvalue weighted by Gasteiger charge is -2.36. The van der Waals surface area contributed by atoms with Crippen LogP contribution < -0.4 is 15.5 Å². The number of amides is 1. The fourth-order valence-electron chi connectivity index (χ4n) is 3.36. The first-order chi connectivity index (χ1) is 11.2. The summed E-state index contributed by atoms with van der Waals surface area (Å²) in [6, 6.07) is 6.31. The summed E-state index contributed by atoms with van der Waals surface area (Å²) in [5.41, 5.74) is 0. The Labute approximate surface area is 162 Å². The van der Waals surface area contributed by atoms with Gasteiger partial charge in [0.25, 0.3) is 0 Å². The minimum Gasteiger partial charge on any atom is -0.354 e. The van der Waals surface area contributed by atoms with Crippen LogP contribution in [0.1, 0.15) is 13.3 Å². The average Bonchev–Trinajstić information content (AvgIpc) is 2.58. The molecule has 1 aromatic rings. The molecule has 1 amide bonds. The van der Waals surface area contributed by atoms with Gasteiger partial charge in [0, 0.05) is 38.4 Å². The van der Waals surface area contributed by atoms with Gasteiger partial charge in [0.05, 0.1) is 6.54 Å². The van der Waals surface area contributed by atoms with Crippen LogP contribution in [0.5, 0.6) is 0 Å². The number of piperazine rings is 1. The van der Waals surface area contributed by atoms with Crippen molar-refractivity contribution in [2.75, 3.05) is 50.7 Å². The second kappa shape index (κ2) is 10.8. The molecule has 2 N–H and O–H groups in total. The summed E-state index contributed by atoms with van der Waals surface area (Å²) in [6.45, 7) is 8.36. The maximum Gasteiger partial charge on any atom is 0.234 e. The van der Waals surface area contributed by atoms with Crippen molar-refractivity contribution in [3.63, 3.8) is 0 Å². The fourth-order valence-corrected chi connectivity index (χ4v) is 3.36. The van der Waals surface area contributed by atoms with E-state index in [1.54, 1.807) is 0 Å². The SMILES string of the molecule is CC1CNCCC1NC(=O)CN1CCN(c2ccccn2)CC1.Cl.Cl. The van der Waals surface area contributed by atoms with Gasteiger partial charge in [-0.25, -0.2) is 4.98 Å². The normalized spacial score (nSPS) is 24.0. The van der Waals surface area contributed by atoms with E-state index in [2.05, 4.69) is 32.3 Å². The van der Waals surface area contributed by atoms with Crippen molar-refractivity contribution < 1.29 is 4.79 Å². The van der Waals surface area contributed by atoms with E-state index in [0.717, 1.165) is 51.5 Å². The molecule has 3 rings (SSSR count). The summed E-state index contributed by atoms with van der Waals surface area (Å²) in [5.74, 6) is 1.70. The van der Waals surface area contributed by atoms with Crippen LogP contribution >= 0.6 is 24.8 Å². The quantitative estimate of drug-likeness (QED) is 0.808. The molecule has 0 bridgehead atoms. The van der Waals surface area contributed by atoms with Gasteiger partial charge in [0.15, 0.2) is 0 Å². The lowest BCUT2D eigenvalue weighted by atomic mass is 9.95. The van der Waals surface area contributed by atoms with Crippen LogP contribution in [0.15, 0.2) is 24.4 Å². The Kier molecular flexibility index (Phi) is 9.50. The van der Waals surface area contributed by atoms with Crippen molar-refractivity contribution >= 4 is 36.5 Å². The first-order valence-electron chi connectivity index (χ1n) is 8.61. The molecule has 2 aliphatic heterocycles. The second-order valence-electron chi connectivity index (χ2n) is 6.60. The summed E-state index contributed by atoms with van der Waals surface area (Å²) in [7, 11) is 0. The van der Waals surface area contributed by atoms with Crippen LogP contribution in [0, 0.1) is 5.92 Å². The largest absolute Gasteiger partial charge is 0.354 e. The summed E-state index contributed by atoms with van der Waals surface area (Å²) in [5, 5.41) is 6.58. The summed E-state index contributed by atoms with van der Waals surface area (Å²) in [6.07, 6.45) is 2.86. The van der Waals surface area contributed by atoms with Gasteiger partial charge in [0.2, 0.25) is 5.91 Å². The van der Waals surface area contributed by atoms with Gasteiger partial charge in [-0.05, 0) is 37.6 Å². The molecule has 0 saturated carbocycles. The zero-order valence-electron chi connectivity index (χ0n) is 14.7. The molecule has 2 unspecified atom stereocenters. The molecule has 6 nitrogen and oxygen atoms in total. The van der Waals surface area contributed by atoms with Crippen LogP contribution in [0.2, 0.25) is 0 Å². The molecule has 0 aromatic carbocycles. The number of carbonyl (C=O) groups excluding carboxylic acids is 1. The standard InChI is InChI=1S/C17H27N5O.2ClH/c1-14-12-18-7-5-15(14)20-17(23)13-21-8-10-22(11-9-21)16-4-2-3-6-19-16;;/h2-4,6,14-15,18H,5,7-13H2,1H3,(H,20,23);2*1H. The third-order valence-corrected chi connectivity index (χ3v) is 4.84. The highest BCUT2D eigenvalue weighted by atomic mass is 35.5. The molecule has 142 valence electrons. The van der Waals surface area contributed by atoms with Crippen molar-refractivity contribution in [3.05, 3.63) is 24.4 Å². The van der Waals surface area contributed by atoms with Crippen LogP contribution in [-0.4, -0.2) is 67.6 Å². The summed E-state index contributed by atoms with van der Waals surface area (Å²) in [4.78, 5) is 21.2. The Hall–Kier alpha value is -1.08. The van der Waals surface area contributed by atoms with Crippen molar-refractivity contribution in [3.8, 4) is 0 Å². The van der Waals surface area contributed by atoms with Crippen molar-refractivity contribution in [2.45, 2.75) is 19.4 Å². The minimum atomic E-state index is 0. The molecule has 0 radical (unpaired) electrons. The van der Waals surface area contributed by atoms with Crippen molar-refractivity contribution in [1.82, 2.24) is 20.5 Å². The van der Waals surface area contributed by atoms with E-state index < -0.39 is 0 Å². The number of carbonyl (C=O) groups is 1. The molecule has 0 aliphatic carbocycles. The third kappa shape index (κ3) is 6.29. The number of piperidine rings is 1. The molecule has 2 fully saturated rings. The van der Waals surface area contributed by atoms with E-state index in [1.165, 1.54) is 0 Å². The van der Waals surface area contributed by atoms with E-state index >= 15 is 0 Å². The van der Waals surface area contributed by atoms with Gasteiger partial charge in [-0.1, -0.05) is 13.0 Å². The number of hydrogen-bond donors (Lipinski definition) is 2. The Bertz CT molecular complexity index is 511. The number of nitrogens with one attached hydrogen (secondary N) is 2. The maximum atomic E-state index is 12.3. The van der Waals surface area contributed by atoms with E-state index in [9.17, 15) is 4.79 Å². The Morgan fingerprint density at radius 2 is 2.04 bits per heavy atom. The zero-order valence-corrected chi connectivity index (χ0v) is 16.3. The molecule has 25 heavy (non-hydrogen) atoms. The first-order valence-corrected chi connectivity index (χ1v) is 8.61. The van der Waals surface area contributed by atoms with Gasteiger partial charge in [-0.2, -0.15) is 0 Å². The van der Waals surface area contributed by atoms with E-state index in [0.29, 0.717) is 18.5 Å². The third-order valence-electron chi connectivity index (χ3n) is 4.84. The predicted octanol–water partition coefficient (Wildman–Crippen LogP) is 1.16. The van der Waals surface area contributed by atoms with E-state index in [-0.39, 0.29) is 30.7 Å². The number of aromatic nitrogens is 1. The van der Waals surface area contributed by atoms with Crippen molar-refractivity contribution in [2.24, 2.45) is 5.92 Å². The molecule has 2 aliphatic rings. The van der Waals surface area contributed by atoms with Crippen LogP contribution in [0.3, 0.4) is 0 Å².